The van der Waals surface area contributed by atoms with E-state index in [1.54, 1.807) is 73.7 Å². The van der Waals surface area contributed by atoms with Gasteiger partial charge in [-0.05, 0) is 48.4 Å². The Bertz CT molecular complexity index is 1180. The monoisotopic (exact) mass is 413 g/mol. The van der Waals surface area contributed by atoms with Gasteiger partial charge in [-0.25, -0.2) is 0 Å². The number of fused-ring (bicyclic) bond motifs is 1. The molecule has 4 rings (SSSR count). The molecule has 1 aliphatic rings. The van der Waals surface area contributed by atoms with Crippen molar-refractivity contribution in [2.45, 2.75) is 13.5 Å². The number of rotatable bonds is 4. The van der Waals surface area contributed by atoms with E-state index in [0.29, 0.717) is 27.8 Å². The first-order valence-electron chi connectivity index (χ1n) is 9.66. The average molecular weight is 413 g/mol. The van der Waals surface area contributed by atoms with Crippen molar-refractivity contribution in [3.8, 4) is 0 Å². The first-order chi connectivity index (χ1) is 15.0. The Morgan fingerprint density at radius 2 is 1.39 bits per heavy atom. The van der Waals surface area contributed by atoms with Crippen molar-refractivity contribution in [1.82, 2.24) is 15.8 Å². The fraction of sp³-hybridized carbons (Fsp3) is 0.0833. The molecule has 7 heteroatoms. The maximum Gasteiger partial charge on any atom is 0.269 e. The van der Waals surface area contributed by atoms with Crippen LogP contribution in [-0.4, -0.2) is 28.5 Å². The summed E-state index contributed by atoms with van der Waals surface area (Å²) < 4.78 is 0. The summed E-state index contributed by atoms with van der Waals surface area (Å²) in [6.45, 7) is 1.85. The van der Waals surface area contributed by atoms with E-state index >= 15 is 0 Å². The second-order valence-electron chi connectivity index (χ2n) is 7.17. The highest BCUT2D eigenvalue weighted by molar-refractivity contribution is 6.21. The minimum atomic E-state index is -0.508. The van der Waals surface area contributed by atoms with Crippen LogP contribution in [-0.2, 0) is 6.54 Å². The highest BCUT2D eigenvalue weighted by Gasteiger charge is 2.35. The Labute approximate surface area is 178 Å². The zero-order chi connectivity index (χ0) is 22.0. The molecule has 3 aromatic carbocycles. The summed E-state index contributed by atoms with van der Waals surface area (Å²) in [4.78, 5) is 51.0. The van der Waals surface area contributed by atoms with Crippen LogP contribution in [0.5, 0.6) is 0 Å². The van der Waals surface area contributed by atoms with Gasteiger partial charge in [0, 0.05) is 11.1 Å². The van der Waals surface area contributed by atoms with E-state index in [2.05, 4.69) is 10.9 Å². The number of hydrazine groups is 1. The molecule has 0 unspecified atom stereocenters. The van der Waals surface area contributed by atoms with Gasteiger partial charge < -0.3 is 0 Å². The molecule has 0 aromatic heterocycles. The summed E-state index contributed by atoms with van der Waals surface area (Å²) in [5.74, 6) is -1.65. The number of imide groups is 1. The molecule has 31 heavy (non-hydrogen) atoms. The molecule has 0 spiro atoms. The average Bonchev–Trinajstić information content (AvgIpc) is 3.03. The van der Waals surface area contributed by atoms with Crippen molar-refractivity contribution in [3.63, 3.8) is 0 Å². The molecule has 7 nitrogen and oxygen atoms in total. The lowest BCUT2D eigenvalue weighted by Gasteiger charge is -2.15. The van der Waals surface area contributed by atoms with Gasteiger partial charge in [-0.2, -0.15) is 0 Å². The first kappa shape index (κ1) is 20.0. The highest BCUT2D eigenvalue weighted by Crippen LogP contribution is 2.24. The molecule has 0 saturated heterocycles. The van der Waals surface area contributed by atoms with Crippen LogP contribution in [0.4, 0.5) is 0 Å². The Morgan fingerprint density at radius 1 is 0.774 bits per heavy atom. The molecule has 0 aliphatic carbocycles. The van der Waals surface area contributed by atoms with Gasteiger partial charge in [0.15, 0.2) is 0 Å². The normalized spacial score (nSPS) is 12.5. The van der Waals surface area contributed by atoms with Crippen LogP contribution in [0.2, 0.25) is 0 Å². The Hall–Kier alpha value is -4.26. The standard InChI is InChI=1S/C24H19N3O4/c1-15-7-2-3-10-18(15)22(29)26-25-21(28)17-9-6-8-16(13-17)14-27-23(30)19-11-4-5-12-20(19)24(27)31/h2-13H,14H2,1H3,(H,25,28)(H,26,29). The molecular weight excluding hydrogens is 394 g/mol. The minimum Gasteiger partial charge on any atom is -0.270 e. The molecule has 3 aromatic rings. The van der Waals surface area contributed by atoms with Gasteiger partial charge in [0.2, 0.25) is 0 Å². The number of carbonyl (C=O) groups excluding carboxylic acids is 4. The number of nitrogens with zero attached hydrogens (tertiary/aromatic N) is 1. The van der Waals surface area contributed by atoms with E-state index in [-0.39, 0.29) is 18.4 Å². The molecule has 0 atom stereocenters. The topological polar surface area (TPSA) is 95.6 Å². The second-order valence-corrected chi connectivity index (χ2v) is 7.17. The molecule has 1 aliphatic heterocycles. The van der Waals surface area contributed by atoms with Gasteiger partial charge in [-0.15, -0.1) is 0 Å². The van der Waals surface area contributed by atoms with Crippen LogP contribution < -0.4 is 10.9 Å². The van der Waals surface area contributed by atoms with E-state index in [1.165, 1.54) is 0 Å². The summed E-state index contributed by atoms with van der Waals surface area (Å²) in [6, 6.07) is 20.3. The van der Waals surface area contributed by atoms with Gasteiger partial charge >= 0.3 is 0 Å². The summed E-state index contributed by atoms with van der Waals surface area (Å²) in [7, 11) is 0. The van der Waals surface area contributed by atoms with Gasteiger partial charge in [0.05, 0.1) is 17.7 Å². The molecule has 4 amide bonds. The van der Waals surface area contributed by atoms with Gasteiger partial charge in [-0.3, -0.25) is 34.9 Å². The number of carbonyl (C=O) groups is 4. The third kappa shape index (κ3) is 3.93. The van der Waals surface area contributed by atoms with Crippen LogP contribution in [0.25, 0.3) is 0 Å². The SMILES string of the molecule is Cc1ccccc1C(=O)NNC(=O)c1cccc(CN2C(=O)c3ccccc3C2=O)c1. The van der Waals surface area contributed by atoms with E-state index in [4.69, 9.17) is 0 Å². The van der Waals surface area contributed by atoms with E-state index in [9.17, 15) is 19.2 Å². The number of aryl methyl sites for hydroxylation is 1. The van der Waals surface area contributed by atoms with E-state index < -0.39 is 11.8 Å². The van der Waals surface area contributed by atoms with Crippen molar-refractivity contribution in [1.29, 1.82) is 0 Å². The van der Waals surface area contributed by atoms with Gasteiger partial charge in [0.25, 0.3) is 23.6 Å². The number of benzene rings is 3. The Morgan fingerprint density at radius 3 is 2.06 bits per heavy atom. The van der Waals surface area contributed by atoms with Crippen LogP contribution in [0.3, 0.4) is 0 Å². The number of hydrogen-bond acceptors (Lipinski definition) is 4. The predicted molar refractivity (Wildman–Crippen MR) is 113 cm³/mol. The fourth-order valence-electron chi connectivity index (χ4n) is 3.46. The maximum absolute atomic E-state index is 12.5. The number of hydrogen-bond donors (Lipinski definition) is 2. The van der Waals surface area contributed by atoms with Crippen molar-refractivity contribution < 1.29 is 19.2 Å². The lowest BCUT2D eigenvalue weighted by molar-refractivity contribution is 0.0642. The minimum absolute atomic E-state index is 0.0447. The molecule has 1 heterocycles. The number of nitrogens with one attached hydrogen (secondary N) is 2. The van der Waals surface area contributed by atoms with Crippen molar-refractivity contribution >= 4 is 23.6 Å². The summed E-state index contributed by atoms with van der Waals surface area (Å²) in [5, 5.41) is 0. The molecule has 0 bridgehead atoms. The van der Waals surface area contributed by atoms with Crippen LogP contribution in [0, 0.1) is 6.92 Å². The van der Waals surface area contributed by atoms with Crippen molar-refractivity contribution in [2.75, 3.05) is 0 Å². The fourth-order valence-corrected chi connectivity index (χ4v) is 3.46. The van der Waals surface area contributed by atoms with Gasteiger partial charge in [-0.1, -0.05) is 42.5 Å². The number of amides is 4. The molecule has 154 valence electrons. The lowest BCUT2D eigenvalue weighted by atomic mass is 10.1. The van der Waals surface area contributed by atoms with Crippen molar-refractivity contribution in [3.05, 3.63) is 106 Å². The highest BCUT2D eigenvalue weighted by atomic mass is 16.2. The lowest BCUT2D eigenvalue weighted by Crippen LogP contribution is -2.41. The van der Waals surface area contributed by atoms with E-state index in [1.807, 2.05) is 6.07 Å². The molecule has 0 fully saturated rings. The molecule has 2 N–H and O–H groups in total. The van der Waals surface area contributed by atoms with Crippen LogP contribution in [0.15, 0.2) is 72.8 Å². The predicted octanol–water partition coefficient (Wildman–Crippen LogP) is 2.87. The van der Waals surface area contributed by atoms with Crippen LogP contribution in [0.1, 0.15) is 52.6 Å². The smallest absolute Gasteiger partial charge is 0.269 e. The van der Waals surface area contributed by atoms with Crippen LogP contribution >= 0.6 is 0 Å². The summed E-state index contributed by atoms with van der Waals surface area (Å²) >= 11 is 0. The third-order valence-corrected chi connectivity index (χ3v) is 5.09. The summed E-state index contributed by atoms with van der Waals surface area (Å²) in [5.41, 5.74) is 7.70. The largest absolute Gasteiger partial charge is 0.270 e. The zero-order valence-corrected chi connectivity index (χ0v) is 16.7. The summed E-state index contributed by atoms with van der Waals surface area (Å²) in [6.07, 6.45) is 0. The third-order valence-electron chi connectivity index (χ3n) is 5.09. The Balaban J connectivity index is 1.43. The quantitative estimate of drug-likeness (QED) is 0.508. The molecule has 0 radical (unpaired) electrons. The van der Waals surface area contributed by atoms with E-state index in [0.717, 1.165) is 10.5 Å². The maximum atomic E-state index is 12.5. The molecule has 0 saturated carbocycles. The van der Waals surface area contributed by atoms with Crippen molar-refractivity contribution in [2.24, 2.45) is 0 Å². The second kappa shape index (κ2) is 8.23. The molecular formula is C24H19N3O4. The first-order valence-corrected chi connectivity index (χ1v) is 9.66. The Kier molecular flexibility index (Phi) is 5.32. The zero-order valence-electron chi connectivity index (χ0n) is 16.7. The van der Waals surface area contributed by atoms with Gasteiger partial charge in [0.1, 0.15) is 0 Å².